The third-order valence-corrected chi connectivity index (χ3v) is 3.91. The van der Waals surface area contributed by atoms with E-state index >= 15 is 0 Å². The normalized spacial score (nSPS) is 17.6. The van der Waals surface area contributed by atoms with Gasteiger partial charge in [0.25, 0.3) is 5.91 Å². The molecule has 1 aliphatic heterocycles. The summed E-state index contributed by atoms with van der Waals surface area (Å²) in [5.41, 5.74) is 0.282. The fraction of sp³-hybridized carbons (Fsp3) is 0.500. The molecule has 1 aliphatic rings. The van der Waals surface area contributed by atoms with Crippen molar-refractivity contribution in [3.8, 4) is 0 Å². The van der Waals surface area contributed by atoms with E-state index < -0.39 is 5.82 Å². The van der Waals surface area contributed by atoms with E-state index in [2.05, 4.69) is 4.90 Å². The second-order valence-corrected chi connectivity index (χ2v) is 5.67. The first kappa shape index (κ1) is 15.2. The number of likely N-dealkylation sites (tertiary alicyclic amines) is 1. The summed E-state index contributed by atoms with van der Waals surface area (Å²) < 4.78 is 13.4. The summed E-state index contributed by atoms with van der Waals surface area (Å²) >= 11 is 5.61. The van der Waals surface area contributed by atoms with E-state index in [9.17, 15) is 14.3 Å². The van der Waals surface area contributed by atoms with Gasteiger partial charge in [0.1, 0.15) is 5.82 Å². The molecule has 1 saturated heterocycles. The highest BCUT2D eigenvalue weighted by atomic mass is 35.5. The number of hydrogen-bond acceptors (Lipinski definition) is 3. The van der Waals surface area contributed by atoms with Crippen LogP contribution in [-0.4, -0.2) is 59.6 Å². The van der Waals surface area contributed by atoms with Gasteiger partial charge >= 0.3 is 0 Å². The number of aliphatic hydroxyl groups excluding tert-OH is 1. The summed E-state index contributed by atoms with van der Waals surface area (Å²) in [6, 6.07) is 4.04. The van der Waals surface area contributed by atoms with Crippen molar-refractivity contribution < 1.29 is 14.3 Å². The predicted molar refractivity (Wildman–Crippen MR) is 75.4 cm³/mol. The van der Waals surface area contributed by atoms with Crippen LogP contribution in [0, 0.1) is 5.82 Å². The molecule has 1 fully saturated rings. The molecule has 1 atom stereocenters. The zero-order chi connectivity index (χ0) is 14.9. The largest absolute Gasteiger partial charge is 0.390 e. The lowest BCUT2D eigenvalue weighted by Crippen LogP contribution is -2.55. The zero-order valence-electron chi connectivity index (χ0n) is 11.5. The molecule has 4 nitrogen and oxygen atoms in total. The summed E-state index contributed by atoms with van der Waals surface area (Å²) in [5, 5.41) is 9.24. The van der Waals surface area contributed by atoms with Gasteiger partial charge in [-0.05, 0) is 25.1 Å². The molecular weight excluding hydrogens is 283 g/mol. The minimum absolute atomic E-state index is 0.00631. The highest BCUT2D eigenvalue weighted by Crippen LogP contribution is 2.18. The summed E-state index contributed by atoms with van der Waals surface area (Å²) in [4.78, 5) is 15.9. The van der Waals surface area contributed by atoms with Gasteiger partial charge in [0.05, 0.1) is 11.1 Å². The van der Waals surface area contributed by atoms with Crippen LogP contribution >= 0.6 is 11.6 Å². The number of aliphatic hydroxyl groups is 1. The number of β-amino-alcohol motifs (C(OH)–C–C–N with tert-alkyl or cyclic N) is 1. The van der Waals surface area contributed by atoms with Crippen LogP contribution < -0.4 is 0 Å². The van der Waals surface area contributed by atoms with Crippen LogP contribution in [0.4, 0.5) is 4.39 Å². The molecule has 0 unspecified atom stereocenters. The SMILES string of the molecule is C[C@@H](CN1CC(O)C1)N(C)C(=O)c1ccc(Cl)c(F)c1. The van der Waals surface area contributed by atoms with Gasteiger partial charge in [-0.3, -0.25) is 9.69 Å². The standard InChI is InChI=1S/C14H18ClFN2O2/c1-9(6-18-7-11(19)8-18)17(2)14(20)10-3-4-12(15)13(16)5-10/h3-5,9,11,19H,6-8H2,1-2H3/t9-/m0/s1. The molecule has 20 heavy (non-hydrogen) atoms. The molecular formula is C14H18ClFN2O2. The molecule has 1 N–H and O–H groups in total. The van der Waals surface area contributed by atoms with Crippen LogP contribution in [0.1, 0.15) is 17.3 Å². The highest BCUT2D eigenvalue weighted by molar-refractivity contribution is 6.30. The summed E-state index contributed by atoms with van der Waals surface area (Å²) in [6.45, 7) is 3.90. The van der Waals surface area contributed by atoms with Crippen molar-refractivity contribution in [3.05, 3.63) is 34.6 Å². The number of carbonyl (C=O) groups excluding carboxylic acids is 1. The second kappa shape index (κ2) is 6.08. The fourth-order valence-corrected chi connectivity index (χ4v) is 2.34. The second-order valence-electron chi connectivity index (χ2n) is 5.27. The average Bonchev–Trinajstić information content (AvgIpc) is 2.38. The highest BCUT2D eigenvalue weighted by Gasteiger charge is 2.28. The zero-order valence-corrected chi connectivity index (χ0v) is 12.3. The van der Waals surface area contributed by atoms with Crippen LogP contribution in [0.25, 0.3) is 0 Å². The minimum atomic E-state index is -0.593. The predicted octanol–water partition coefficient (Wildman–Crippen LogP) is 1.62. The van der Waals surface area contributed by atoms with Crippen molar-refractivity contribution in [1.82, 2.24) is 9.80 Å². The fourth-order valence-electron chi connectivity index (χ4n) is 2.22. The number of hydrogen-bond donors (Lipinski definition) is 1. The Balaban J connectivity index is 1.98. The molecule has 0 saturated carbocycles. The molecule has 0 spiro atoms. The van der Waals surface area contributed by atoms with Gasteiger partial charge in [0, 0.05) is 38.3 Å². The molecule has 0 aromatic heterocycles. The lowest BCUT2D eigenvalue weighted by molar-refractivity contribution is -0.00873. The van der Waals surface area contributed by atoms with Gasteiger partial charge in [-0.2, -0.15) is 0 Å². The van der Waals surface area contributed by atoms with Gasteiger partial charge in [-0.15, -0.1) is 0 Å². The Labute approximate surface area is 122 Å². The van der Waals surface area contributed by atoms with Crippen molar-refractivity contribution in [2.24, 2.45) is 0 Å². The first-order chi connectivity index (χ1) is 9.38. The number of likely N-dealkylation sites (N-methyl/N-ethyl adjacent to an activating group) is 1. The smallest absolute Gasteiger partial charge is 0.253 e. The Bertz CT molecular complexity index is 506. The van der Waals surface area contributed by atoms with Crippen LogP contribution in [0.2, 0.25) is 5.02 Å². The topological polar surface area (TPSA) is 43.8 Å². The van der Waals surface area contributed by atoms with Gasteiger partial charge < -0.3 is 10.0 Å². The van der Waals surface area contributed by atoms with E-state index in [1.54, 1.807) is 11.9 Å². The van der Waals surface area contributed by atoms with E-state index in [0.29, 0.717) is 19.6 Å². The number of amides is 1. The lowest BCUT2D eigenvalue weighted by atomic mass is 10.1. The first-order valence-electron chi connectivity index (χ1n) is 6.51. The van der Waals surface area contributed by atoms with Crippen molar-refractivity contribution in [3.63, 3.8) is 0 Å². The van der Waals surface area contributed by atoms with Crippen molar-refractivity contribution in [2.75, 3.05) is 26.7 Å². The van der Waals surface area contributed by atoms with Crippen molar-refractivity contribution in [1.29, 1.82) is 0 Å². The molecule has 0 bridgehead atoms. The van der Waals surface area contributed by atoms with Gasteiger partial charge in [-0.25, -0.2) is 4.39 Å². The third-order valence-electron chi connectivity index (χ3n) is 3.61. The Morgan fingerprint density at radius 2 is 2.25 bits per heavy atom. The van der Waals surface area contributed by atoms with E-state index in [1.165, 1.54) is 12.1 Å². The molecule has 1 heterocycles. The average molecular weight is 301 g/mol. The minimum Gasteiger partial charge on any atom is -0.390 e. The van der Waals surface area contributed by atoms with E-state index in [4.69, 9.17) is 11.6 Å². The van der Waals surface area contributed by atoms with E-state index in [1.807, 2.05) is 6.92 Å². The van der Waals surface area contributed by atoms with Crippen LogP contribution in [0.5, 0.6) is 0 Å². The van der Waals surface area contributed by atoms with E-state index in [-0.39, 0.29) is 28.6 Å². The first-order valence-corrected chi connectivity index (χ1v) is 6.89. The Hall–Kier alpha value is -1.17. The lowest BCUT2D eigenvalue weighted by Gasteiger charge is -2.39. The Kier molecular flexibility index (Phi) is 4.62. The number of halogens is 2. The molecule has 1 aromatic rings. The number of nitrogens with zero attached hydrogens (tertiary/aromatic N) is 2. The van der Waals surface area contributed by atoms with Crippen LogP contribution in [-0.2, 0) is 0 Å². The maximum absolute atomic E-state index is 13.4. The van der Waals surface area contributed by atoms with Gasteiger partial charge in [0.15, 0.2) is 0 Å². The molecule has 1 aromatic carbocycles. The number of benzene rings is 1. The van der Waals surface area contributed by atoms with E-state index in [0.717, 1.165) is 6.07 Å². The maximum Gasteiger partial charge on any atom is 0.253 e. The summed E-state index contributed by atoms with van der Waals surface area (Å²) in [5.74, 6) is -0.835. The molecule has 2 rings (SSSR count). The van der Waals surface area contributed by atoms with Crippen LogP contribution in [0.15, 0.2) is 18.2 Å². The van der Waals surface area contributed by atoms with Gasteiger partial charge in [0.2, 0.25) is 0 Å². The quantitative estimate of drug-likeness (QED) is 0.919. The van der Waals surface area contributed by atoms with Crippen molar-refractivity contribution in [2.45, 2.75) is 19.1 Å². The number of rotatable bonds is 4. The Morgan fingerprint density at radius 3 is 2.80 bits per heavy atom. The van der Waals surface area contributed by atoms with Crippen molar-refractivity contribution >= 4 is 17.5 Å². The number of carbonyl (C=O) groups is 1. The van der Waals surface area contributed by atoms with Crippen LogP contribution in [0.3, 0.4) is 0 Å². The monoisotopic (exact) mass is 300 g/mol. The maximum atomic E-state index is 13.4. The molecule has 1 amide bonds. The third kappa shape index (κ3) is 3.29. The summed E-state index contributed by atoms with van der Waals surface area (Å²) in [7, 11) is 1.69. The molecule has 6 heteroatoms. The Morgan fingerprint density at radius 1 is 1.60 bits per heavy atom. The van der Waals surface area contributed by atoms with Gasteiger partial charge in [-0.1, -0.05) is 11.6 Å². The summed E-state index contributed by atoms with van der Waals surface area (Å²) in [6.07, 6.45) is -0.256. The molecule has 0 radical (unpaired) electrons. The molecule has 0 aliphatic carbocycles. The molecule has 110 valence electrons.